The van der Waals surface area contributed by atoms with E-state index in [4.69, 9.17) is 0 Å². The Kier molecular flexibility index (Phi) is 4.54. The fourth-order valence-electron chi connectivity index (χ4n) is 4.39. The first kappa shape index (κ1) is 17.2. The lowest BCUT2D eigenvalue weighted by atomic mass is 9.85. The quantitative estimate of drug-likeness (QED) is 0.880. The van der Waals surface area contributed by atoms with Gasteiger partial charge in [0.25, 0.3) is 5.91 Å². The van der Waals surface area contributed by atoms with Crippen molar-refractivity contribution in [2.75, 3.05) is 13.1 Å². The molecule has 0 aliphatic carbocycles. The van der Waals surface area contributed by atoms with Crippen LogP contribution in [0, 0.1) is 19.8 Å². The molecule has 6 nitrogen and oxygen atoms in total. The average molecular weight is 353 g/mol. The highest BCUT2D eigenvalue weighted by Crippen LogP contribution is 2.28. The van der Waals surface area contributed by atoms with E-state index in [1.54, 1.807) is 4.68 Å². The van der Waals surface area contributed by atoms with Gasteiger partial charge in [-0.05, 0) is 32.3 Å². The zero-order valence-electron chi connectivity index (χ0n) is 15.7. The van der Waals surface area contributed by atoms with Crippen molar-refractivity contribution in [3.63, 3.8) is 0 Å². The summed E-state index contributed by atoms with van der Waals surface area (Å²) in [5.41, 5.74) is 10.8. The molecule has 2 saturated heterocycles. The SMILES string of the molecule is Cc1nn(C)c(C)c1C(=O)N1CCC2NNC(Cc3ccccc3)C2C1. The maximum Gasteiger partial charge on any atom is 0.257 e. The lowest BCUT2D eigenvalue weighted by Crippen LogP contribution is -2.49. The third kappa shape index (κ3) is 3.04. The molecule has 3 atom stereocenters. The molecule has 3 heterocycles. The van der Waals surface area contributed by atoms with Crippen LogP contribution in [-0.4, -0.2) is 45.8 Å². The second-order valence-electron chi connectivity index (χ2n) is 7.56. The Morgan fingerprint density at radius 3 is 2.69 bits per heavy atom. The van der Waals surface area contributed by atoms with Crippen molar-refractivity contribution in [1.29, 1.82) is 0 Å². The maximum absolute atomic E-state index is 13.1. The largest absolute Gasteiger partial charge is 0.338 e. The second-order valence-corrected chi connectivity index (χ2v) is 7.56. The first-order valence-corrected chi connectivity index (χ1v) is 9.39. The van der Waals surface area contributed by atoms with E-state index in [1.807, 2.05) is 31.9 Å². The summed E-state index contributed by atoms with van der Waals surface area (Å²) in [6.07, 6.45) is 1.95. The van der Waals surface area contributed by atoms with Gasteiger partial charge in [-0.15, -0.1) is 0 Å². The molecule has 2 fully saturated rings. The van der Waals surface area contributed by atoms with Gasteiger partial charge in [0.15, 0.2) is 0 Å². The van der Waals surface area contributed by atoms with Crippen molar-refractivity contribution in [2.45, 2.75) is 38.8 Å². The molecule has 6 heteroatoms. The number of nitrogens with one attached hydrogen (secondary N) is 2. The number of aromatic nitrogens is 2. The molecule has 2 aliphatic rings. The van der Waals surface area contributed by atoms with Crippen molar-refractivity contribution < 1.29 is 4.79 Å². The van der Waals surface area contributed by atoms with Crippen LogP contribution in [0.5, 0.6) is 0 Å². The smallest absolute Gasteiger partial charge is 0.257 e. The summed E-state index contributed by atoms with van der Waals surface area (Å²) in [4.78, 5) is 15.2. The highest BCUT2D eigenvalue weighted by molar-refractivity contribution is 5.96. The summed E-state index contributed by atoms with van der Waals surface area (Å²) in [7, 11) is 1.89. The summed E-state index contributed by atoms with van der Waals surface area (Å²) in [6, 6.07) is 11.3. The molecule has 1 aromatic carbocycles. The van der Waals surface area contributed by atoms with E-state index in [0.29, 0.717) is 18.0 Å². The van der Waals surface area contributed by atoms with Gasteiger partial charge in [0.1, 0.15) is 0 Å². The minimum atomic E-state index is 0.122. The number of amides is 1. The highest BCUT2D eigenvalue weighted by atomic mass is 16.2. The van der Waals surface area contributed by atoms with E-state index in [9.17, 15) is 4.79 Å². The topological polar surface area (TPSA) is 62.2 Å². The molecule has 2 aromatic rings. The number of carbonyl (C=O) groups excluding carboxylic acids is 1. The normalized spacial score (nSPS) is 25.3. The standard InChI is InChI=1S/C20H27N5O/c1-13-19(14(2)24(3)23-13)20(26)25-10-9-17-16(12-25)18(22-21-17)11-15-7-5-4-6-8-15/h4-8,16-18,21-22H,9-12H2,1-3H3. The molecule has 138 valence electrons. The maximum atomic E-state index is 13.1. The molecule has 2 aliphatic heterocycles. The van der Waals surface area contributed by atoms with Gasteiger partial charge in [0, 0.05) is 43.8 Å². The lowest BCUT2D eigenvalue weighted by molar-refractivity contribution is 0.0651. The van der Waals surface area contributed by atoms with Crippen LogP contribution in [0.3, 0.4) is 0 Å². The van der Waals surface area contributed by atoms with Crippen LogP contribution in [0.1, 0.15) is 33.7 Å². The molecule has 1 amide bonds. The number of hydrazine groups is 1. The van der Waals surface area contributed by atoms with Crippen LogP contribution in [-0.2, 0) is 13.5 Å². The molecule has 4 rings (SSSR count). The Morgan fingerprint density at radius 2 is 2.00 bits per heavy atom. The molecular weight excluding hydrogens is 326 g/mol. The van der Waals surface area contributed by atoms with Crippen molar-refractivity contribution in [3.05, 3.63) is 52.8 Å². The molecule has 3 unspecified atom stereocenters. The molecule has 0 radical (unpaired) electrons. The van der Waals surface area contributed by atoms with Crippen molar-refractivity contribution in [3.8, 4) is 0 Å². The first-order chi connectivity index (χ1) is 12.5. The van der Waals surface area contributed by atoms with E-state index in [2.05, 4.69) is 40.2 Å². The third-order valence-electron chi connectivity index (χ3n) is 5.94. The van der Waals surface area contributed by atoms with Gasteiger partial charge in [-0.3, -0.25) is 20.3 Å². The van der Waals surface area contributed by atoms with E-state index >= 15 is 0 Å². The average Bonchev–Trinajstić information content (AvgIpc) is 3.15. The van der Waals surface area contributed by atoms with Gasteiger partial charge in [-0.25, -0.2) is 0 Å². The Morgan fingerprint density at radius 1 is 1.23 bits per heavy atom. The van der Waals surface area contributed by atoms with Gasteiger partial charge >= 0.3 is 0 Å². The number of likely N-dealkylation sites (tertiary alicyclic amines) is 1. The number of hydrogen-bond acceptors (Lipinski definition) is 4. The number of benzene rings is 1. The number of carbonyl (C=O) groups is 1. The van der Waals surface area contributed by atoms with Crippen LogP contribution < -0.4 is 10.9 Å². The Balaban J connectivity index is 1.50. The number of aryl methyl sites for hydroxylation is 2. The van der Waals surface area contributed by atoms with Gasteiger partial charge in [0.2, 0.25) is 0 Å². The lowest BCUT2D eigenvalue weighted by Gasteiger charge is -2.36. The van der Waals surface area contributed by atoms with Gasteiger partial charge in [-0.2, -0.15) is 5.10 Å². The predicted octanol–water partition coefficient (Wildman–Crippen LogP) is 1.59. The van der Waals surface area contributed by atoms with Crippen LogP contribution in [0.2, 0.25) is 0 Å². The Hall–Kier alpha value is -2.18. The summed E-state index contributed by atoms with van der Waals surface area (Å²) < 4.78 is 1.80. The van der Waals surface area contributed by atoms with Crippen LogP contribution in [0.25, 0.3) is 0 Å². The van der Waals surface area contributed by atoms with Crippen molar-refractivity contribution in [1.82, 2.24) is 25.5 Å². The molecule has 0 saturated carbocycles. The van der Waals surface area contributed by atoms with E-state index in [1.165, 1.54) is 5.56 Å². The third-order valence-corrected chi connectivity index (χ3v) is 5.94. The zero-order valence-corrected chi connectivity index (χ0v) is 15.7. The van der Waals surface area contributed by atoms with Gasteiger partial charge in [-0.1, -0.05) is 30.3 Å². The second kappa shape index (κ2) is 6.85. The number of piperidine rings is 1. The number of fused-ring (bicyclic) bond motifs is 1. The summed E-state index contributed by atoms with van der Waals surface area (Å²) in [5, 5.41) is 4.41. The minimum Gasteiger partial charge on any atom is -0.338 e. The molecule has 0 bridgehead atoms. The summed E-state index contributed by atoms with van der Waals surface area (Å²) in [6.45, 7) is 5.47. The molecule has 26 heavy (non-hydrogen) atoms. The Labute approximate surface area is 154 Å². The monoisotopic (exact) mass is 353 g/mol. The van der Waals surface area contributed by atoms with Crippen LogP contribution >= 0.6 is 0 Å². The minimum absolute atomic E-state index is 0.122. The van der Waals surface area contributed by atoms with E-state index in [-0.39, 0.29) is 5.91 Å². The first-order valence-electron chi connectivity index (χ1n) is 9.39. The van der Waals surface area contributed by atoms with Gasteiger partial charge in [0.05, 0.1) is 11.3 Å². The fourth-order valence-corrected chi connectivity index (χ4v) is 4.39. The number of rotatable bonds is 3. The van der Waals surface area contributed by atoms with E-state index in [0.717, 1.165) is 42.9 Å². The highest BCUT2D eigenvalue weighted by Gasteiger charge is 2.41. The molecule has 0 spiro atoms. The van der Waals surface area contributed by atoms with Gasteiger partial charge < -0.3 is 4.90 Å². The number of nitrogens with zero attached hydrogens (tertiary/aromatic N) is 3. The zero-order chi connectivity index (χ0) is 18.3. The fraction of sp³-hybridized carbons (Fsp3) is 0.500. The van der Waals surface area contributed by atoms with E-state index < -0.39 is 0 Å². The molecular formula is C20H27N5O. The molecule has 1 aromatic heterocycles. The summed E-state index contributed by atoms with van der Waals surface area (Å²) in [5.74, 6) is 0.544. The number of hydrogen-bond donors (Lipinski definition) is 2. The summed E-state index contributed by atoms with van der Waals surface area (Å²) >= 11 is 0. The van der Waals surface area contributed by atoms with Crippen molar-refractivity contribution in [2.24, 2.45) is 13.0 Å². The van der Waals surface area contributed by atoms with Crippen LogP contribution in [0.4, 0.5) is 0 Å². The van der Waals surface area contributed by atoms with Crippen LogP contribution in [0.15, 0.2) is 30.3 Å². The predicted molar refractivity (Wildman–Crippen MR) is 101 cm³/mol. The Bertz CT molecular complexity index is 800. The van der Waals surface area contributed by atoms with Crippen molar-refractivity contribution >= 4 is 5.91 Å². The molecule has 2 N–H and O–H groups in total.